The van der Waals surface area contributed by atoms with Gasteiger partial charge in [0.25, 0.3) is 0 Å². The molecule has 0 heterocycles. The average Bonchev–Trinajstić information content (AvgIpc) is 3.14. The van der Waals surface area contributed by atoms with Crippen LogP contribution in [0, 0.1) is 0 Å². The van der Waals surface area contributed by atoms with E-state index in [0.717, 1.165) is 25.7 Å². The van der Waals surface area contributed by atoms with Crippen molar-refractivity contribution in [2.45, 2.75) is 270 Å². The first kappa shape index (κ1) is 54.0. The van der Waals surface area contributed by atoms with Gasteiger partial charge in [-0.3, -0.25) is 4.79 Å². The zero-order valence-electron chi connectivity index (χ0n) is 39.9. The fraction of sp³-hybridized carbons (Fsp3) is 0.860. The molecule has 334 valence electrons. The quantitative estimate of drug-likeness (QED) is 0.0528. The van der Waals surface area contributed by atoms with E-state index >= 15 is 0 Å². The van der Waals surface area contributed by atoms with Crippen molar-refractivity contribution in [1.29, 1.82) is 0 Å². The zero-order chi connectivity index (χ0) is 42.6. The third-order valence-corrected chi connectivity index (χ3v) is 22.3. The number of carbonyl (C=O) groups excluding carboxylic acids is 1. The van der Waals surface area contributed by atoms with Crippen LogP contribution >= 0.6 is 0 Å². The van der Waals surface area contributed by atoms with Gasteiger partial charge in [0.05, 0.1) is 24.9 Å². The molecule has 0 fully saturated rings. The van der Waals surface area contributed by atoms with E-state index in [9.17, 15) is 9.90 Å². The van der Waals surface area contributed by atoms with Crippen molar-refractivity contribution < 1.29 is 18.8 Å². The Morgan fingerprint density at radius 2 is 0.965 bits per heavy atom. The normalized spacial score (nSPS) is 14.5. The highest BCUT2D eigenvalue weighted by Gasteiger charge is 2.46. The number of aryl methyl sites for hydroxylation is 1. The molecular weight excluding hydrogens is 735 g/mol. The smallest absolute Gasteiger partial charge is 0.220 e. The minimum absolute atomic E-state index is 0.00974. The van der Waals surface area contributed by atoms with Gasteiger partial charge in [-0.05, 0) is 61.1 Å². The predicted octanol–water partition coefficient (Wildman–Crippen LogP) is 15.3. The molecule has 0 saturated heterocycles. The second-order valence-electron chi connectivity index (χ2n) is 20.7. The lowest BCUT2D eigenvalue weighted by atomic mass is 9.99. The monoisotopic (exact) mass is 832 g/mol. The van der Waals surface area contributed by atoms with Crippen LogP contribution in [0.3, 0.4) is 0 Å². The van der Waals surface area contributed by atoms with E-state index in [1.165, 1.54) is 140 Å². The summed E-state index contributed by atoms with van der Waals surface area (Å²) < 4.78 is 14.4. The number of amides is 1. The molecule has 1 amide bonds. The maximum absolute atomic E-state index is 13.4. The highest BCUT2D eigenvalue weighted by atomic mass is 28.4. The van der Waals surface area contributed by atoms with Crippen LogP contribution in [0.1, 0.15) is 215 Å². The Morgan fingerprint density at radius 3 is 1.33 bits per heavy atom. The molecule has 2 N–H and O–H groups in total. The van der Waals surface area contributed by atoms with Gasteiger partial charge >= 0.3 is 0 Å². The molecule has 1 rings (SSSR count). The van der Waals surface area contributed by atoms with Crippen LogP contribution in [0.2, 0.25) is 36.3 Å². The Balaban J connectivity index is 2.48. The molecule has 0 aromatic heterocycles. The van der Waals surface area contributed by atoms with Crippen LogP contribution in [0.5, 0.6) is 0 Å². The average molecular weight is 833 g/mol. The molecule has 3 atom stereocenters. The van der Waals surface area contributed by atoms with Gasteiger partial charge in [-0.25, -0.2) is 0 Å². The van der Waals surface area contributed by atoms with Crippen molar-refractivity contribution in [1.82, 2.24) is 5.32 Å². The van der Waals surface area contributed by atoms with Crippen molar-refractivity contribution in [2.24, 2.45) is 0 Å². The lowest BCUT2D eigenvalue weighted by Crippen LogP contribution is -2.60. The van der Waals surface area contributed by atoms with E-state index in [-0.39, 0.29) is 28.7 Å². The molecule has 0 bridgehead atoms. The molecule has 0 saturated carbocycles. The lowest BCUT2D eigenvalue weighted by molar-refractivity contribution is -0.124. The first-order chi connectivity index (χ1) is 26.9. The van der Waals surface area contributed by atoms with E-state index in [4.69, 9.17) is 8.85 Å². The lowest BCUT2D eigenvalue weighted by Gasteiger charge is -2.47. The number of unbranched alkanes of at least 4 members (excludes halogenated alkanes) is 22. The highest BCUT2D eigenvalue weighted by Crippen LogP contribution is 2.41. The van der Waals surface area contributed by atoms with Gasteiger partial charge in [-0.15, -0.1) is 0 Å². The summed E-state index contributed by atoms with van der Waals surface area (Å²) in [6, 6.07) is 10.0. The molecule has 0 aliphatic carbocycles. The Bertz CT molecular complexity index is 1110. The Kier molecular flexibility index (Phi) is 28.5. The molecular formula is C50H97NO4Si2. The molecule has 0 aliphatic rings. The van der Waals surface area contributed by atoms with Crippen LogP contribution in [0.25, 0.3) is 0 Å². The minimum Gasteiger partial charge on any atom is -0.411 e. The number of carbonyl (C=O) groups is 1. The van der Waals surface area contributed by atoms with Crippen molar-refractivity contribution in [3.05, 3.63) is 35.9 Å². The summed E-state index contributed by atoms with van der Waals surface area (Å²) in [7, 11) is -4.50. The summed E-state index contributed by atoms with van der Waals surface area (Å²) in [5, 5.41) is 14.1. The van der Waals surface area contributed by atoms with Crippen molar-refractivity contribution in [2.75, 3.05) is 6.61 Å². The molecule has 0 radical (unpaired) electrons. The number of hydrogen-bond acceptors (Lipinski definition) is 4. The topological polar surface area (TPSA) is 67.8 Å². The summed E-state index contributed by atoms with van der Waals surface area (Å²) in [6.45, 7) is 24.8. The fourth-order valence-corrected chi connectivity index (χ4v) is 10.0. The van der Waals surface area contributed by atoms with Crippen molar-refractivity contribution in [3.63, 3.8) is 0 Å². The minimum atomic E-state index is -2.29. The Labute approximate surface area is 357 Å². The molecule has 0 spiro atoms. The number of aliphatic hydroxyl groups is 1. The van der Waals surface area contributed by atoms with Crippen LogP contribution < -0.4 is 5.32 Å². The zero-order valence-corrected chi connectivity index (χ0v) is 41.9. The Morgan fingerprint density at radius 1 is 0.596 bits per heavy atom. The fourth-order valence-electron chi connectivity index (χ4n) is 7.31. The predicted molar refractivity (Wildman–Crippen MR) is 254 cm³/mol. The van der Waals surface area contributed by atoms with Gasteiger partial charge < -0.3 is 19.3 Å². The molecule has 0 aliphatic heterocycles. The van der Waals surface area contributed by atoms with E-state index in [0.29, 0.717) is 6.42 Å². The van der Waals surface area contributed by atoms with E-state index in [2.05, 4.69) is 110 Å². The standard InChI is InChI=1S/C50H97NO4Si2/c1-12-13-14-15-16-17-18-19-20-21-22-23-24-25-26-27-28-29-30-31-32-33-37-40-47(53)51-45(43-52)48(55-57(10,11)50(5,6)7)46(54-56(8,9)49(2,3)4)42-41-44-38-35-34-36-39-44/h34-36,38-39,45-46,48,52H,12-33,37,40-43H2,1-11H3,(H,51,53)/t45-,46+,48?/m0/s1. The number of rotatable bonds is 35. The summed E-state index contributed by atoms with van der Waals surface area (Å²) in [5.74, 6) is 0.00974. The van der Waals surface area contributed by atoms with Crippen LogP contribution in [-0.2, 0) is 20.1 Å². The van der Waals surface area contributed by atoms with Gasteiger partial charge in [-0.2, -0.15) is 0 Å². The summed E-state index contributed by atoms with van der Waals surface area (Å²) in [5.41, 5.74) is 1.26. The second-order valence-corrected chi connectivity index (χ2v) is 30.2. The first-order valence-electron chi connectivity index (χ1n) is 24.2. The molecule has 7 heteroatoms. The van der Waals surface area contributed by atoms with E-state index in [1.807, 2.05) is 0 Å². The van der Waals surface area contributed by atoms with Gasteiger partial charge in [0, 0.05) is 6.42 Å². The summed E-state index contributed by atoms with van der Waals surface area (Å²) in [6.07, 6.45) is 32.7. The number of aliphatic hydroxyl groups excluding tert-OH is 1. The number of nitrogens with one attached hydrogen (secondary N) is 1. The number of hydrogen-bond donors (Lipinski definition) is 2. The molecule has 1 unspecified atom stereocenters. The third-order valence-electron chi connectivity index (χ3n) is 13.4. The first-order valence-corrected chi connectivity index (χ1v) is 30.1. The molecule has 1 aromatic rings. The number of benzene rings is 1. The maximum Gasteiger partial charge on any atom is 0.220 e. The van der Waals surface area contributed by atoms with Crippen molar-refractivity contribution >= 4 is 22.5 Å². The maximum atomic E-state index is 13.4. The Hall–Kier alpha value is -0.996. The van der Waals surface area contributed by atoms with Gasteiger partial charge in [0.1, 0.15) is 0 Å². The van der Waals surface area contributed by atoms with Crippen LogP contribution in [0.4, 0.5) is 0 Å². The van der Waals surface area contributed by atoms with Crippen LogP contribution in [-0.4, -0.2) is 52.5 Å². The molecule has 57 heavy (non-hydrogen) atoms. The highest BCUT2D eigenvalue weighted by molar-refractivity contribution is 6.74. The van der Waals surface area contributed by atoms with Gasteiger partial charge in [0.2, 0.25) is 5.91 Å². The molecule has 5 nitrogen and oxygen atoms in total. The largest absolute Gasteiger partial charge is 0.411 e. The van der Waals surface area contributed by atoms with Crippen molar-refractivity contribution in [3.8, 4) is 0 Å². The second kappa shape index (κ2) is 30.1. The summed E-state index contributed by atoms with van der Waals surface area (Å²) in [4.78, 5) is 13.4. The van der Waals surface area contributed by atoms with Crippen LogP contribution in [0.15, 0.2) is 30.3 Å². The van der Waals surface area contributed by atoms with Gasteiger partial charge in [0.15, 0.2) is 16.6 Å². The van der Waals surface area contributed by atoms with E-state index in [1.54, 1.807) is 0 Å². The SMILES string of the molecule is CCCCCCCCCCCCCCCCCCCCCCCCCC(=O)N[C@@H](CO)C(O[Si](C)(C)C(C)(C)C)[C@@H](CCc1ccccc1)O[Si](C)(C)C(C)(C)C. The van der Waals surface area contributed by atoms with Gasteiger partial charge in [-0.1, -0.05) is 220 Å². The molecule has 1 aromatic carbocycles. The third kappa shape index (κ3) is 24.8. The van der Waals surface area contributed by atoms with E-state index < -0.39 is 28.8 Å². The summed E-state index contributed by atoms with van der Waals surface area (Å²) >= 11 is 0.